The van der Waals surface area contributed by atoms with Gasteiger partial charge in [0.25, 0.3) is 0 Å². The fraction of sp³-hybridized carbons (Fsp3) is 0.625. The molecule has 0 spiro atoms. The normalized spacial score (nSPS) is 32.2. The van der Waals surface area contributed by atoms with Crippen molar-refractivity contribution >= 4 is 18.1 Å². The molecule has 2 atom stereocenters. The summed E-state index contributed by atoms with van der Waals surface area (Å²) in [6.07, 6.45) is 1.72. The number of rotatable bonds is 3. The lowest BCUT2D eigenvalue weighted by atomic mass is 10.3. The number of carbonyl (C=O) groups excluding carboxylic acids is 3. The van der Waals surface area contributed by atoms with Gasteiger partial charge in [-0.15, -0.1) is 0 Å². The molecular weight excluding hydrogens is 158 g/mol. The highest BCUT2D eigenvalue weighted by atomic mass is 16.2. The van der Waals surface area contributed by atoms with Gasteiger partial charge < -0.3 is 4.79 Å². The summed E-state index contributed by atoms with van der Waals surface area (Å²) in [5.41, 5.74) is 0. The van der Waals surface area contributed by atoms with Crippen molar-refractivity contribution in [3.05, 3.63) is 0 Å². The summed E-state index contributed by atoms with van der Waals surface area (Å²) in [5.74, 6) is -0.230. The van der Waals surface area contributed by atoms with Crippen molar-refractivity contribution in [2.24, 2.45) is 11.8 Å². The van der Waals surface area contributed by atoms with Gasteiger partial charge in [-0.05, 0) is 6.42 Å². The fourth-order valence-corrected chi connectivity index (χ4v) is 1.65. The average Bonchev–Trinajstić information content (AvgIpc) is 2.78. The average molecular weight is 167 g/mol. The second-order valence-electron chi connectivity index (χ2n) is 3.23. The molecule has 0 aromatic carbocycles. The smallest absolute Gasteiger partial charge is 0.233 e. The van der Waals surface area contributed by atoms with Crippen LogP contribution in [0.5, 0.6) is 0 Å². The number of imide groups is 1. The molecule has 0 aromatic rings. The monoisotopic (exact) mass is 167 g/mol. The minimum absolute atomic E-state index is 0.0378. The van der Waals surface area contributed by atoms with Crippen LogP contribution < -0.4 is 0 Å². The van der Waals surface area contributed by atoms with Crippen molar-refractivity contribution < 1.29 is 14.4 Å². The van der Waals surface area contributed by atoms with E-state index in [1.165, 1.54) is 4.90 Å². The summed E-state index contributed by atoms with van der Waals surface area (Å²) < 4.78 is 0. The largest absolute Gasteiger partial charge is 0.303 e. The minimum atomic E-state index is -0.0770. The molecule has 2 rings (SSSR count). The van der Waals surface area contributed by atoms with E-state index >= 15 is 0 Å². The van der Waals surface area contributed by atoms with Crippen LogP contribution in [0.4, 0.5) is 0 Å². The molecule has 0 radical (unpaired) electrons. The standard InChI is InChI=1S/C8H9NO3/c10-3-1-2-9-7(11)5-4-6(5)8(9)12/h3,5-6H,1-2,4H2. The first-order valence-corrected chi connectivity index (χ1v) is 4.04. The van der Waals surface area contributed by atoms with Crippen molar-refractivity contribution in [2.45, 2.75) is 12.8 Å². The Balaban J connectivity index is 2.02. The molecule has 1 saturated heterocycles. The Morgan fingerprint density at radius 2 is 1.92 bits per heavy atom. The topological polar surface area (TPSA) is 54.5 Å². The van der Waals surface area contributed by atoms with Gasteiger partial charge in [-0.1, -0.05) is 0 Å². The van der Waals surface area contributed by atoms with Gasteiger partial charge in [0.2, 0.25) is 11.8 Å². The third-order valence-electron chi connectivity index (χ3n) is 2.43. The van der Waals surface area contributed by atoms with Crippen LogP contribution in [-0.4, -0.2) is 29.5 Å². The van der Waals surface area contributed by atoms with Crippen LogP contribution in [0.2, 0.25) is 0 Å². The van der Waals surface area contributed by atoms with E-state index < -0.39 is 0 Å². The van der Waals surface area contributed by atoms with Gasteiger partial charge in [0, 0.05) is 13.0 Å². The number of hydrogen-bond acceptors (Lipinski definition) is 3. The molecule has 2 unspecified atom stereocenters. The maximum atomic E-state index is 11.3. The number of likely N-dealkylation sites (tertiary alicyclic amines) is 1. The lowest BCUT2D eigenvalue weighted by molar-refractivity contribution is -0.141. The summed E-state index contributed by atoms with van der Waals surface area (Å²) in [6, 6.07) is 0. The molecule has 64 valence electrons. The number of fused-ring (bicyclic) bond motifs is 1. The second kappa shape index (κ2) is 2.40. The molecule has 0 bridgehead atoms. The van der Waals surface area contributed by atoms with Crippen molar-refractivity contribution in [3.63, 3.8) is 0 Å². The molecular formula is C8H9NO3. The lowest BCUT2D eigenvalue weighted by Gasteiger charge is -2.13. The van der Waals surface area contributed by atoms with Gasteiger partial charge in [0.15, 0.2) is 0 Å². The van der Waals surface area contributed by atoms with E-state index in [1.54, 1.807) is 0 Å². The van der Waals surface area contributed by atoms with Gasteiger partial charge in [0.1, 0.15) is 6.29 Å². The molecule has 1 heterocycles. The van der Waals surface area contributed by atoms with Crippen LogP contribution in [0.3, 0.4) is 0 Å². The number of piperidine rings is 1. The SMILES string of the molecule is O=CCCN1C(=O)C2CC2C1=O. The van der Waals surface area contributed by atoms with E-state index in [4.69, 9.17) is 0 Å². The zero-order chi connectivity index (χ0) is 8.72. The predicted molar refractivity (Wildman–Crippen MR) is 39.0 cm³/mol. The van der Waals surface area contributed by atoms with Crippen molar-refractivity contribution in [3.8, 4) is 0 Å². The number of carbonyl (C=O) groups is 3. The summed E-state index contributed by atoms with van der Waals surface area (Å²) in [7, 11) is 0. The molecule has 0 N–H and O–H groups in total. The Labute approximate surface area is 69.5 Å². The molecule has 4 nitrogen and oxygen atoms in total. The molecule has 1 aliphatic carbocycles. The Hall–Kier alpha value is -1.19. The maximum absolute atomic E-state index is 11.3. The highest BCUT2D eigenvalue weighted by molar-refractivity contribution is 6.08. The van der Waals surface area contributed by atoms with Crippen LogP contribution in [0.15, 0.2) is 0 Å². The summed E-state index contributed by atoms with van der Waals surface area (Å²) in [5, 5.41) is 0. The Morgan fingerprint density at radius 3 is 2.42 bits per heavy atom. The maximum Gasteiger partial charge on any atom is 0.233 e. The van der Waals surface area contributed by atoms with Crippen LogP contribution >= 0.6 is 0 Å². The van der Waals surface area contributed by atoms with Crippen LogP contribution in [0.1, 0.15) is 12.8 Å². The first-order chi connectivity index (χ1) is 5.75. The number of hydrogen-bond donors (Lipinski definition) is 0. The molecule has 4 heteroatoms. The molecule has 2 aliphatic rings. The second-order valence-corrected chi connectivity index (χ2v) is 3.23. The molecule has 1 aliphatic heterocycles. The Bertz CT molecular complexity index is 241. The van der Waals surface area contributed by atoms with Gasteiger partial charge in [-0.3, -0.25) is 14.5 Å². The van der Waals surface area contributed by atoms with E-state index in [1.807, 2.05) is 0 Å². The zero-order valence-corrected chi connectivity index (χ0v) is 6.53. The van der Waals surface area contributed by atoms with Gasteiger partial charge >= 0.3 is 0 Å². The van der Waals surface area contributed by atoms with E-state index in [2.05, 4.69) is 0 Å². The third-order valence-corrected chi connectivity index (χ3v) is 2.43. The zero-order valence-electron chi connectivity index (χ0n) is 6.53. The number of aldehydes is 1. The molecule has 0 aromatic heterocycles. The first kappa shape index (κ1) is 7.46. The van der Waals surface area contributed by atoms with E-state index in [0.717, 1.165) is 12.7 Å². The lowest BCUT2D eigenvalue weighted by Crippen LogP contribution is -2.33. The Morgan fingerprint density at radius 1 is 1.33 bits per heavy atom. The minimum Gasteiger partial charge on any atom is -0.303 e. The van der Waals surface area contributed by atoms with Gasteiger partial charge in [-0.2, -0.15) is 0 Å². The molecule has 12 heavy (non-hydrogen) atoms. The third kappa shape index (κ3) is 0.873. The van der Waals surface area contributed by atoms with Crippen molar-refractivity contribution in [1.82, 2.24) is 4.90 Å². The molecule has 2 fully saturated rings. The number of nitrogens with zero attached hydrogens (tertiary/aromatic N) is 1. The fourth-order valence-electron chi connectivity index (χ4n) is 1.65. The van der Waals surface area contributed by atoms with Crippen molar-refractivity contribution in [1.29, 1.82) is 0 Å². The van der Waals surface area contributed by atoms with E-state index in [0.29, 0.717) is 0 Å². The van der Waals surface area contributed by atoms with Crippen LogP contribution in [0, 0.1) is 11.8 Å². The van der Waals surface area contributed by atoms with E-state index in [9.17, 15) is 14.4 Å². The van der Waals surface area contributed by atoms with Crippen LogP contribution in [-0.2, 0) is 14.4 Å². The van der Waals surface area contributed by atoms with Gasteiger partial charge in [-0.25, -0.2) is 0 Å². The van der Waals surface area contributed by atoms with E-state index in [-0.39, 0.29) is 36.6 Å². The van der Waals surface area contributed by atoms with Gasteiger partial charge in [0.05, 0.1) is 11.8 Å². The quantitative estimate of drug-likeness (QED) is 0.423. The predicted octanol–water partition coefficient (Wildman–Crippen LogP) is -0.420. The molecule has 2 amide bonds. The highest BCUT2D eigenvalue weighted by Crippen LogP contribution is 2.46. The number of amides is 2. The Kier molecular flexibility index (Phi) is 1.49. The highest BCUT2D eigenvalue weighted by Gasteiger charge is 2.58. The summed E-state index contributed by atoms with van der Waals surface area (Å²) >= 11 is 0. The summed E-state index contributed by atoms with van der Waals surface area (Å²) in [4.78, 5) is 33.7. The van der Waals surface area contributed by atoms with Crippen molar-refractivity contribution in [2.75, 3.05) is 6.54 Å². The summed E-state index contributed by atoms with van der Waals surface area (Å²) in [6.45, 7) is 0.272. The van der Waals surface area contributed by atoms with Crippen LogP contribution in [0.25, 0.3) is 0 Å². The first-order valence-electron chi connectivity index (χ1n) is 4.04. The molecule has 1 saturated carbocycles.